The molecule has 0 aromatic carbocycles. The molecule has 0 unspecified atom stereocenters. The Balaban J connectivity index is 2.16. The van der Waals surface area contributed by atoms with Crippen LogP contribution in [0.4, 0.5) is 0 Å². The first-order chi connectivity index (χ1) is 6.74. The van der Waals surface area contributed by atoms with E-state index in [0.29, 0.717) is 11.6 Å². The lowest BCUT2D eigenvalue weighted by Crippen LogP contribution is -2.29. The van der Waals surface area contributed by atoms with Crippen LogP contribution in [0.2, 0.25) is 0 Å². The molecular formula is C6H12N6OS. The SMILES string of the molecule is NNC(=O)CCCSc1nncn1N. The van der Waals surface area contributed by atoms with E-state index in [9.17, 15) is 4.79 Å². The molecule has 0 atom stereocenters. The summed E-state index contributed by atoms with van der Waals surface area (Å²) in [5.41, 5.74) is 2.06. The normalized spacial score (nSPS) is 10.1. The molecule has 1 heterocycles. The number of aromatic nitrogens is 3. The summed E-state index contributed by atoms with van der Waals surface area (Å²) in [5.74, 6) is 11.0. The number of hydrogen-bond acceptors (Lipinski definition) is 6. The van der Waals surface area contributed by atoms with Gasteiger partial charge in [-0.05, 0) is 6.42 Å². The highest BCUT2D eigenvalue weighted by molar-refractivity contribution is 7.99. The molecule has 0 aliphatic heterocycles. The first kappa shape index (κ1) is 10.8. The Morgan fingerprint density at radius 2 is 2.50 bits per heavy atom. The average Bonchev–Trinajstić information content (AvgIpc) is 2.58. The number of rotatable bonds is 5. The van der Waals surface area contributed by atoms with Gasteiger partial charge in [-0.3, -0.25) is 10.2 Å². The topological polar surface area (TPSA) is 112 Å². The standard InChI is InChI=1S/C6H12N6OS/c7-10-5(13)2-1-3-14-6-11-9-4-12(6)8/h4H,1-3,7-8H2,(H,10,13). The lowest BCUT2D eigenvalue weighted by atomic mass is 10.3. The van der Waals surface area contributed by atoms with Crippen LogP contribution in [-0.2, 0) is 4.79 Å². The van der Waals surface area contributed by atoms with Crippen LogP contribution in [-0.4, -0.2) is 26.5 Å². The maximum absolute atomic E-state index is 10.7. The van der Waals surface area contributed by atoms with E-state index in [2.05, 4.69) is 15.6 Å². The van der Waals surface area contributed by atoms with Gasteiger partial charge in [-0.25, -0.2) is 10.5 Å². The number of nitrogens with two attached hydrogens (primary N) is 2. The van der Waals surface area contributed by atoms with E-state index in [4.69, 9.17) is 11.7 Å². The van der Waals surface area contributed by atoms with Gasteiger partial charge in [0.2, 0.25) is 11.1 Å². The van der Waals surface area contributed by atoms with Crippen molar-refractivity contribution >= 4 is 17.7 Å². The van der Waals surface area contributed by atoms with Crippen molar-refractivity contribution in [2.24, 2.45) is 5.84 Å². The zero-order valence-electron chi connectivity index (χ0n) is 7.51. The molecule has 0 radical (unpaired) electrons. The third-order valence-electron chi connectivity index (χ3n) is 1.48. The van der Waals surface area contributed by atoms with Gasteiger partial charge >= 0.3 is 0 Å². The molecule has 0 fully saturated rings. The molecule has 5 N–H and O–H groups in total. The number of nitrogens with one attached hydrogen (secondary N) is 1. The summed E-state index contributed by atoms with van der Waals surface area (Å²) in [6.45, 7) is 0. The van der Waals surface area contributed by atoms with Gasteiger partial charge in [0.1, 0.15) is 6.33 Å². The smallest absolute Gasteiger partial charge is 0.233 e. The van der Waals surface area contributed by atoms with Gasteiger partial charge in [0.25, 0.3) is 0 Å². The molecule has 0 spiro atoms. The number of carbonyl (C=O) groups excluding carboxylic acids is 1. The Morgan fingerprint density at radius 1 is 1.71 bits per heavy atom. The zero-order chi connectivity index (χ0) is 10.4. The molecule has 0 bridgehead atoms. The lowest BCUT2D eigenvalue weighted by Gasteiger charge is -1.99. The number of thioether (sulfide) groups is 1. The van der Waals surface area contributed by atoms with Crippen LogP contribution in [0.25, 0.3) is 0 Å². The summed E-state index contributed by atoms with van der Waals surface area (Å²) in [4.78, 5) is 10.7. The van der Waals surface area contributed by atoms with Crippen LogP contribution in [0.5, 0.6) is 0 Å². The fourth-order valence-electron chi connectivity index (χ4n) is 0.804. The molecule has 1 amide bonds. The second-order valence-corrected chi connectivity index (χ2v) is 3.60. The van der Waals surface area contributed by atoms with E-state index in [0.717, 1.165) is 12.2 Å². The maximum atomic E-state index is 10.7. The van der Waals surface area contributed by atoms with Crippen LogP contribution in [0.1, 0.15) is 12.8 Å². The summed E-state index contributed by atoms with van der Waals surface area (Å²) < 4.78 is 1.34. The van der Waals surface area contributed by atoms with E-state index in [-0.39, 0.29) is 5.91 Å². The van der Waals surface area contributed by atoms with Gasteiger partial charge in [0.15, 0.2) is 0 Å². The summed E-state index contributed by atoms with van der Waals surface area (Å²) in [6.07, 6.45) is 2.55. The molecule has 8 heteroatoms. The highest BCUT2D eigenvalue weighted by Gasteiger charge is 2.02. The second kappa shape index (κ2) is 5.45. The molecule has 14 heavy (non-hydrogen) atoms. The first-order valence-corrected chi connectivity index (χ1v) is 5.00. The van der Waals surface area contributed by atoms with Crippen LogP contribution >= 0.6 is 11.8 Å². The molecule has 78 valence electrons. The minimum Gasteiger partial charge on any atom is -0.336 e. The van der Waals surface area contributed by atoms with Crippen molar-refractivity contribution in [3.8, 4) is 0 Å². The van der Waals surface area contributed by atoms with Gasteiger partial charge in [-0.1, -0.05) is 11.8 Å². The second-order valence-electron chi connectivity index (χ2n) is 2.54. The molecule has 0 aliphatic carbocycles. The van der Waals surface area contributed by atoms with Gasteiger partial charge < -0.3 is 5.84 Å². The van der Waals surface area contributed by atoms with Crippen molar-refractivity contribution < 1.29 is 4.79 Å². The van der Waals surface area contributed by atoms with E-state index in [1.807, 2.05) is 0 Å². The molecule has 0 saturated heterocycles. The first-order valence-electron chi connectivity index (χ1n) is 4.01. The highest BCUT2D eigenvalue weighted by Crippen LogP contribution is 2.13. The van der Waals surface area contributed by atoms with Gasteiger partial charge in [0, 0.05) is 12.2 Å². The Bertz CT molecular complexity index is 300. The predicted molar refractivity (Wildman–Crippen MR) is 52.5 cm³/mol. The number of amides is 1. The minimum atomic E-state index is -0.167. The summed E-state index contributed by atoms with van der Waals surface area (Å²) in [6, 6.07) is 0. The third kappa shape index (κ3) is 3.23. The Hall–Kier alpha value is -1.28. The molecule has 1 aromatic rings. The average molecular weight is 216 g/mol. The van der Waals surface area contributed by atoms with Crippen molar-refractivity contribution in [3.63, 3.8) is 0 Å². The lowest BCUT2D eigenvalue weighted by molar-refractivity contribution is -0.121. The van der Waals surface area contributed by atoms with Crippen LogP contribution in [0.3, 0.4) is 0 Å². The number of carbonyl (C=O) groups is 1. The van der Waals surface area contributed by atoms with E-state index >= 15 is 0 Å². The Labute approximate surface area is 85.2 Å². The van der Waals surface area contributed by atoms with Crippen molar-refractivity contribution in [2.75, 3.05) is 11.6 Å². The minimum absolute atomic E-state index is 0.167. The molecule has 7 nitrogen and oxygen atoms in total. The van der Waals surface area contributed by atoms with E-state index in [1.165, 1.54) is 22.8 Å². The van der Waals surface area contributed by atoms with Crippen molar-refractivity contribution in [1.82, 2.24) is 20.3 Å². The summed E-state index contributed by atoms with van der Waals surface area (Å²) in [5, 5.41) is 8.04. The van der Waals surface area contributed by atoms with Gasteiger partial charge in [-0.15, -0.1) is 10.2 Å². The molecule has 1 rings (SSSR count). The van der Waals surface area contributed by atoms with Crippen molar-refractivity contribution in [3.05, 3.63) is 6.33 Å². The molecule has 0 saturated carbocycles. The highest BCUT2D eigenvalue weighted by atomic mass is 32.2. The number of hydrazine groups is 1. The Morgan fingerprint density at radius 3 is 3.07 bits per heavy atom. The summed E-state index contributed by atoms with van der Waals surface area (Å²) >= 11 is 1.45. The Kier molecular flexibility index (Phi) is 4.20. The van der Waals surface area contributed by atoms with Gasteiger partial charge in [-0.2, -0.15) is 0 Å². The monoisotopic (exact) mass is 216 g/mol. The fraction of sp³-hybridized carbons (Fsp3) is 0.500. The number of nitrogen functional groups attached to an aromatic ring is 1. The van der Waals surface area contributed by atoms with E-state index < -0.39 is 0 Å². The van der Waals surface area contributed by atoms with Crippen LogP contribution < -0.4 is 17.1 Å². The van der Waals surface area contributed by atoms with Crippen molar-refractivity contribution in [2.45, 2.75) is 18.0 Å². The number of hydrogen-bond donors (Lipinski definition) is 3. The van der Waals surface area contributed by atoms with Crippen molar-refractivity contribution in [1.29, 1.82) is 0 Å². The fourth-order valence-corrected chi connectivity index (χ4v) is 1.58. The predicted octanol–water partition coefficient (Wildman–Crippen LogP) is -1.15. The molecule has 0 aliphatic rings. The third-order valence-corrected chi connectivity index (χ3v) is 2.52. The number of nitrogens with zero attached hydrogens (tertiary/aromatic N) is 3. The van der Waals surface area contributed by atoms with Gasteiger partial charge in [0.05, 0.1) is 0 Å². The molecular weight excluding hydrogens is 204 g/mol. The largest absolute Gasteiger partial charge is 0.336 e. The zero-order valence-corrected chi connectivity index (χ0v) is 8.33. The summed E-state index contributed by atoms with van der Waals surface area (Å²) in [7, 11) is 0. The van der Waals surface area contributed by atoms with E-state index in [1.54, 1.807) is 0 Å². The molecule has 1 aromatic heterocycles. The van der Waals surface area contributed by atoms with Crippen LogP contribution in [0.15, 0.2) is 11.5 Å². The van der Waals surface area contributed by atoms with Crippen LogP contribution in [0, 0.1) is 0 Å². The maximum Gasteiger partial charge on any atom is 0.233 e. The quantitative estimate of drug-likeness (QED) is 0.188.